The van der Waals surface area contributed by atoms with Crippen molar-refractivity contribution in [2.24, 2.45) is 5.73 Å². The van der Waals surface area contributed by atoms with Crippen molar-refractivity contribution in [1.82, 2.24) is 5.32 Å². The Kier molecular flexibility index (Phi) is 4.37. The van der Waals surface area contributed by atoms with E-state index in [9.17, 15) is 13.6 Å². The first-order valence-electron chi connectivity index (χ1n) is 4.90. The number of carbonyl (C=O) groups excluding carboxylic acids is 1. The Morgan fingerprint density at radius 2 is 1.94 bits per heavy atom. The summed E-state index contributed by atoms with van der Waals surface area (Å²) in [4.78, 5) is 10.7. The van der Waals surface area contributed by atoms with Gasteiger partial charge in [-0.15, -0.1) is 0 Å². The second-order valence-electron chi connectivity index (χ2n) is 3.55. The van der Waals surface area contributed by atoms with Crippen molar-refractivity contribution in [3.05, 3.63) is 35.4 Å². The lowest BCUT2D eigenvalue weighted by Gasteiger charge is -2.10. The van der Waals surface area contributed by atoms with Crippen LogP contribution in [-0.2, 0) is 11.3 Å². The van der Waals surface area contributed by atoms with E-state index in [1.807, 2.05) is 0 Å². The maximum Gasteiger partial charge on any atom is 0.263 e. The van der Waals surface area contributed by atoms with Gasteiger partial charge in [-0.2, -0.15) is 0 Å². The number of nitrogens with two attached hydrogens (primary N) is 1. The van der Waals surface area contributed by atoms with Gasteiger partial charge in [0.1, 0.15) is 0 Å². The van der Waals surface area contributed by atoms with Crippen LogP contribution in [0.4, 0.5) is 8.78 Å². The molecule has 0 spiro atoms. The van der Waals surface area contributed by atoms with Crippen molar-refractivity contribution in [3.8, 4) is 0 Å². The Balaban J connectivity index is 2.52. The van der Waals surface area contributed by atoms with Gasteiger partial charge in [0, 0.05) is 12.1 Å². The number of amides is 1. The van der Waals surface area contributed by atoms with Crippen LogP contribution in [0.2, 0.25) is 0 Å². The number of primary amides is 1. The number of rotatable bonds is 5. The molecule has 1 unspecified atom stereocenters. The molecule has 0 fully saturated rings. The maximum atomic E-state index is 12.2. The molecular formula is C11H14F2N2O. The average Bonchev–Trinajstić information content (AvgIpc) is 2.26. The topological polar surface area (TPSA) is 55.1 Å². The molecule has 1 aromatic carbocycles. The standard InChI is InChI=1S/C11H14F2N2O/c1-7(11(14)16)15-6-8-2-4-9(5-3-8)10(12)13/h2-5,7,10,15H,6H2,1H3,(H2,14,16). The van der Waals surface area contributed by atoms with Crippen LogP contribution in [0.5, 0.6) is 0 Å². The number of hydrogen-bond donors (Lipinski definition) is 2. The summed E-state index contributed by atoms with van der Waals surface area (Å²) in [5.41, 5.74) is 5.89. The molecular weight excluding hydrogens is 214 g/mol. The van der Waals surface area contributed by atoms with E-state index in [4.69, 9.17) is 5.73 Å². The summed E-state index contributed by atoms with van der Waals surface area (Å²) in [6.07, 6.45) is -2.45. The minimum atomic E-state index is -2.45. The Labute approximate surface area is 92.6 Å². The molecule has 0 bridgehead atoms. The summed E-state index contributed by atoms with van der Waals surface area (Å²) in [5, 5.41) is 2.88. The fourth-order valence-corrected chi connectivity index (χ4v) is 1.15. The molecule has 0 saturated heterocycles. The summed E-state index contributed by atoms with van der Waals surface area (Å²) in [6, 6.07) is 5.51. The Morgan fingerprint density at radius 1 is 1.38 bits per heavy atom. The van der Waals surface area contributed by atoms with Crippen LogP contribution in [0.1, 0.15) is 24.5 Å². The van der Waals surface area contributed by atoms with Gasteiger partial charge >= 0.3 is 0 Å². The van der Waals surface area contributed by atoms with Crippen LogP contribution in [0.25, 0.3) is 0 Å². The van der Waals surface area contributed by atoms with E-state index in [-0.39, 0.29) is 5.56 Å². The van der Waals surface area contributed by atoms with Gasteiger partial charge in [0.25, 0.3) is 6.43 Å². The first-order chi connectivity index (χ1) is 7.50. The first-order valence-corrected chi connectivity index (χ1v) is 4.90. The SMILES string of the molecule is CC(NCc1ccc(C(F)F)cc1)C(N)=O. The van der Waals surface area contributed by atoms with Gasteiger partial charge in [0.15, 0.2) is 0 Å². The molecule has 0 aromatic heterocycles. The fourth-order valence-electron chi connectivity index (χ4n) is 1.15. The van der Waals surface area contributed by atoms with Crippen LogP contribution in [0.3, 0.4) is 0 Å². The van der Waals surface area contributed by atoms with E-state index in [2.05, 4.69) is 5.32 Å². The van der Waals surface area contributed by atoms with E-state index >= 15 is 0 Å². The number of alkyl halides is 2. The smallest absolute Gasteiger partial charge is 0.263 e. The molecule has 3 N–H and O–H groups in total. The third-order valence-corrected chi connectivity index (χ3v) is 2.27. The van der Waals surface area contributed by atoms with Gasteiger partial charge < -0.3 is 11.1 Å². The third-order valence-electron chi connectivity index (χ3n) is 2.27. The zero-order valence-electron chi connectivity index (χ0n) is 8.91. The van der Waals surface area contributed by atoms with Gasteiger partial charge in [-0.25, -0.2) is 8.78 Å². The Bertz CT molecular complexity index is 352. The number of benzene rings is 1. The molecule has 0 aliphatic heterocycles. The van der Waals surface area contributed by atoms with E-state index in [0.29, 0.717) is 6.54 Å². The first kappa shape index (κ1) is 12.6. The third kappa shape index (κ3) is 3.58. The molecule has 0 aliphatic rings. The number of hydrogen-bond acceptors (Lipinski definition) is 2. The molecule has 1 atom stereocenters. The summed E-state index contributed by atoms with van der Waals surface area (Å²) in [5.74, 6) is -0.441. The molecule has 3 nitrogen and oxygen atoms in total. The second-order valence-corrected chi connectivity index (χ2v) is 3.55. The highest BCUT2D eigenvalue weighted by molar-refractivity contribution is 5.79. The lowest BCUT2D eigenvalue weighted by molar-refractivity contribution is -0.119. The summed E-state index contributed by atoms with van der Waals surface area (Å²) in [6.45, 7) is 2.07. The minimum Gasteiger partial charge on any atom is -0.368 e. The molecule has 0 radical (unpaired) electrons. The van der Waals surface area contributed by atoms with Gasteiger partial charge in [-0.1, -0.05) is 24.3 Å². The molecule has 88 valence electrons. The predicted molar refractivity (Wildman–Crippen MR) is 56.9 cm³/mol. The van der Waals surface area contributed by atoms with Crippen LogP contribution in [-0.4, -0.2) is 11.9 Å². The quantitative estimate of drug-likeness (QED) is 0.804. The molecule has 0 saturated carbocycles. The number of halogens is 2. The summed E-state index contributed by atoms with van der Waals surface area (Å²) < 4.78 is 24.5. The molecule has 0 aliphatic carbocycles. The largest absolute Gasteiger partial charge is 0.368 e. The van der Waals surface area contributed by atoms with Gasteiger partial charge in [-0.05, 0) is 12.5 Å². The number of carbonyl (C=O) groups is 1. The van der Waals surface area contributed by atoms with Crippen LogP contribution in [0.15, 0.2) is 24.3 Å². The highest BCUT2D eigenvalue weighted by Crippen LogP contribution is 2.18. The molecule has 1 rings (SSSR count). The fraction of sp³-hybridized carbons (Fsp3) is 0.364. The average molecular weight is 228 g/mol. The molecule has 16 heavy (non-hydrogen) atoms. The predicted octanol–water partition coefficient (Wildman–Crippen LogP) is 1.59. The van der Waals surface area contributed by atoms with Crippen molar-refractivity contribution in [2.75, 3.05) is 0 Å². The zero-order chi connectivity index (χ0) is 12.1. The molecule has 1 aromatic rings. The molecule has 1 amide bonds. The minimum absolute atomic E-state index is 0.00769. The number of nitrogens with one attached hydrogen (secondary N) is 1. The lowest BCUT2D eigenvalue weighted by atomic mass is 10.1. The van der Waals surface area contributed by atoms with E-state index < -0.39 is 18.4 Å². The van der Waals surface area contributed by atoms with E-state index in [1.165, 1.54) is 12.1 Å². The second kappa shape index (κ2) is 5.55. The van der Waals surface area contributed by atoms with Crippen molar-refractivity contribution in [1.29, 1.82) is 0 Å². The normalized spacial score (nSPS) is 12.8. The maximum absolute atomic E-state index is 12.2. The summed E-state index contributed by atoms with van der Waals surface area (Å²) in [7, 11) is 0. The highest BCUT2D eigenvalue weighted by atomic mass is 19.3. The van der Waals surface area contributed by atoms with E-state index in [0.717, 1.165) is 5.56 Å². The molecule has 5 heteroatoms. The summed E-state index contributed by atoms with van der Waals surface area (Å²) >= 11 is 0. The van der Waals surface area contributed by atoms with Crippen molar-refractivity contribution in [3.63, 3.8) is 0 Å². The highest BCUT2D eigenvalue weighted by Gasteiger charge is 2.08. The monoisotopic (exact) mass is 228 g/mol. The van der Waals surface area contributed by atoms with Crippen LogP contribution in [0, 0.1) is 0 Å². The van der Waals surface area contributed by atoms with Gasteiger partial charge in [-0.3, -0.25) is 4.79 Å². The Hall–Kier alpha value is -1.49. The van der Waals surface area contributed by atoms with Gasteiger partial charge in [0.05, 0.1) is 6.04 Å². The van der Waals surface area contributed by atoms with Crippen LogP contribution < -0.4 is 11.1 Å². The zero-order valence-corrected chi connectivity index (χ0v) is 8.91. The van der Waals surface area contributed by atoms with E-state index in [1.54, 1.807) is 19.1 Å². The lowest BCUT2D eigenvalue weighted by Crippen LogP contribution is -2.38. The van der Waals surface area contributed by atoms with Crippen LogP contribution >= 0.6 is 0 Å². The van der Waals surface area contributed by atoms with Gasteiger partial charge in [0.2, 0.25) is 5.91 Å². The van der Waals surface area contributed by atoms with Crippen molar-refractivity contribution in [2.45, 2.75) is 25.9 Å². The van der Waals surface area contributed by atoms with Crippen molar-refractivity contribution < 1.29 is 13.6 Å². The molecule has 0 heterocycles. The van der Waals surface area contributed by atoms with Crippen molar-refractivity contribution >= 4 is 5.91 Å². The Morgan fingerprint density at radius 3 is 2.38 bits per heavy atom.